The van der Waals surface area contributed by atoms with E-state index < -0.39 is 61.1 Å². The van der Waals surface area contributed by atoms with E-state index >= 15 is 0 Å². The maximum atomic E-state index is 12.2. The van der Waals surface area contributed by atoms with Crippen LogP contribution in [0.15, 0.2) is 0 Å². The molecule has 0 rings (SSSR count). The Morgan fingerprint density at radius 1 is 0.857 bits per heavy atom. The van der Waals surface area contributed by atoms with E-state index in [-0.39, 0.29) is 5.75 Å². The maximum absolute atomic E-state index is 12.2. The first-order chi connectivity index (χ1) is 13.2. The zero-order chi connectivity index (χ0) is 21.7. The molecule has 0 aliphatic heterocycles. The number of carboxylic acid groups (broad SMARTS) is 1. The summed E-state index contributed by atoms with van der Waals surface area (Å²) in [5.74, 6) is -4.12. The quantitative estimate of drug-likeness (QED) is 0.0978. The van der Waals surface area contributed by atoms with Gasteiger partial charge in [-0.3, -0.25) is 14.4 Å². The van der Waals surface area contributed by atoms with Gasteiger partial charge >= 0.3 is 5.97 Å². The van der Waals surface area contributed by atoms with E-state index in [0.717, 1.165) is 0 Å². The maximum Gasteiger partial charge on any atom is 0.327 e. The van der Waals surface area contributed by atoms with Gasteiger partial charge in [-0.1, -0.05) is 6.42 Å². The summed E-state index contributed by atoms with van der Waals surface area (Å²) < 4.78 is 0. The molecule has 4 atom stereocenters. The van der Waals surface area contributed by atoms with Gasteiger partial charge in [-0.25, -0.2) is 4.79 Å². The van der Waals surface area contributed by atoms with Crippen LogP contribution in [0.1, 0.15) is 19.3 Å². The number of amides is 3. The van der Waals surface area contributed by atoms with Crippen molar-refractivity contribution in [2.24, 2.45) is 11.5 Å². The zero-order valence-electron chi connectivity index (χ0n) is 15.3. The fourth-order valence-electron chi connectivity index (χ4n) is 2.04. The number of aliphatic hydroxyl groups is 2. The number of nitrogens with two attached hydrogens (primary N) is 2. The van der Waals surface area contributed by atoms with Crippen LogP contribution in [0.2, 0.25) is 0 Å². The summed E-state index contributed by atoms with van der Waals surface area (Å²) in [6.07, 6.45) is 1.64. The van der Waals surface area contributed by atoms with Crippen LogP contribution in [0.25, 0.3) is 0 Å². The summed E-state index contributed by atoms with van der Waals surface area (Å²) in [5, 5.41) is 34.0. The number of carbonyl (C=O) groups excluding carboxylic acids is 3. The first-order valence-corrected chi connectivity index (χ1v) is 9.27. The highest BCUT2D eigenvalue weighted by Crippen LogP contribution is 1.99. The smallest absolute Gasteiger partial charge is 0.327 e. The fourth-order valence-corrected chi connectivity index (χ4v) is 2.28. The van der Waals surface area contributed by atoms with Crippen molar-refractivity contribution in [3.05, 3.63) is 0 Å². The molecule has 0 aliphatic rings. The standard InChI is InChI=1S/C15H29N5O7S/c16-4-2-1-3-8(17)12(23)18-9(5-21)13(24)19-10(6-22)14(25)20-11(7-28)15(26)27/h8-11,21-22,28H,1-7,16-17H2,(H,18,23)(H,19,24)(H,20,25)(H,26,27). The van der Waals surface area contributed by atoms with Crippen molar-refractivity contribution in [2.75, 3.05) is 25.5 Å². The minimum atomic E-state index is -1.49. The summed E-state index contributed by atoms with van der Waals surface area (Å²) in [6.45, 7) is -1.15. The molecular weight excluding hydrogens is 394 g/mol. The summed E-state index contributed by atoms with van der Waals surface area (Å²) in [4.78, 5) is 47.1. The first kappa shape index (κ1) is 26.1. The van der Waals surface area contributed by atoms with Crippen molar-refractivity contribution in [3.63, 3.8) is 0 Å². The van der Waals surface area contributed by atoms with Crippen molar-refractivity contribution in [1.29, 1.82) is 0 Å². The minimum Gasteiger partial charge on any atom is -0.480 e. The number of carboxylic acids is 1. The van der Waals surface area contributed by atoms with E-state index in [1.54, 1.807) is 0 Å². The van der Waals surface area contributed by atoms with Gasteiger partial charge in [0.15, 0.2) is 0 Å². The average Bonchev–Trinajstić information content (AvgIpc) is 2.67. The lowest BCUT2D eigenvalue weighted by Gasteiger charge is -2.23. The number of hydrogen-bond acceptors (Lipinski definition) is 9. The van der Waals surface area contributed by atoms with Gasteiger partial charge < -0.3 is 42.7 Å². The molecule has 0 saturated heterocycles. The Balaban J connectivity index is 4.80. The Labute approximate surface area is 167 Å². The van der Waals surface area contributed by atoms with E-state index in [1.807, 2.05) is 0 Å². The summed E-state index contributed by atoms with van der Waals surface area (Å²) in [7, 11) is 0. The molecular formula is C15H29N5O7S. The molecule has 3 amide bonds. The van der Waals surface area contributed by atoms with Crippen molar-refractivity contribution in [1.82, 2.24) is 16.0 Å². The molecule has 162 valence electrons. The number of nitrogens with one attached hydrogen (secondary N) is 3. The molecule has 4 unspecified atom stereocenters. The minimum absolute atomic E-state index is 0.204. The van der Waals surface area contributed by atoms with Crippen molar-refractivity contribution in [3.8, 4) is 0 Å². The van der Waals surface area contributed by atoms with E-state index in [2.05, 4.69) is 28.6 Å². The average molecular weight is 423 g/mol. The third kappa shape index (κ3) is 9.32. The SMILES string of the molecule is NCCCCC(N)C(=O)NC(CO)C(=O)NC(CO)C(=O)NC(CS)C(=O)O. The third-order valence-electron chi connectivity index (χ3n) is 3.73. The van der Waals surface area contributed by atoms with Crippen LogP contribution in [0.4, 0.5) is 0 Å². The number of aliphatic carboxylic acids is 1. The van der Waals surface area contributed by atoms with Crippen LogP contribution in [0.5, 0.6) is 0 Å². The number of rotatable bonds is 14. The second kappa shape index (κ2) is 14.1. The molecule has 0 heterocycles. The number of aliphatic hydroxyl groups excluding tert-OH is 2. The number of thiol groups is 1. The Bertz CT molecular complexity index is 537. The predicted molar refractivity (Wildman–Crippen MR) is 102 cm³/mol. The molecule has 0 saturated carbocycles. The lowest BCUT2D eigenvalue weighted by molar-refractivity contribution is -0.142. The van der Waals surface area contributed by atoms with Crippen molar-refractivity contribution < 1.29 is 34.5 Å². The van der Waals surface area contributed by atoms with Crippen molar-refractivity contribution in [2.45, 2.75) is 43.4 Å². The van der Waals surface area contributed by atoms with Crippen LogP contribution in [0.3, 0.4) is 0 Å². The van der Waals surface area contributed by atoms with E-state index in [9.17, 15) is 29.4 Å². The van der Waals surface area contributed by atoms with Gasteiger partial charge in [0, 0.05) is 5.75 Å². The fraction of sp³-hybridized carbons (Fsp3) is 0.733. The molecule has 10 N–H and O–H groups in total. The van der Waals surface area contributed by atoms with Gasteiger partial charge in [0.2, 0.25) is 17.7 Å². The van der Waals surface area contributed by atoms with Crippen LogP contribution >= 0.6 is 12.6 Å². The summed E-state index contributed by atoms with van der Waals surface area (Å²) in [5.41, 5.74) is 11.1. The number of hydrogen-bond donors (Lipinski definition) is 9. The van der Waals surface area contributed by atoms with Crippen LogP contribution < -0.4 is 27.4 Å². The predicted octanol–water partition coefficient (Wildman–Crippen LogP) is -4.10. The molecule has 12 nitrogen and oxygen atoms in total. The molecule has 0 aromatic carbocycles. The van der Waals surface area contributed by atoms with E-state index in [0.29, 0.717) is 25.8 Å². The first-order valence-electron chi connectivity index (χ1n) is 8.63. The second-order valence-corrected chi connectivity index (χ2v) is 6.33. The van der Waals surface area contributed by atoms with Crippen LogP contribution in [-0.2, 0) is 19.2 Å². The Hall–Kier alpha value is -1.93. The van der Waals surface area contributed by atoms with Crippen LogP contribution in [0, 0.1) is 0 Å². The van der Waals surface area contributed by atoms with Gasteiger partial charge in [0.05, 0.1) is 19.3 Å². The topological polar surface area (TPSA) is 217 Å². The highest BCUT2D eigenvalue weighted by Gasteiger charge is 2.29. The highest BCUT2D eigenvalue weighted by atomic mass is 32.1. The number of carbonyl (C=O) groups is 4. The molecule has 0 fully saturated rings. The van der Waals surface area contributed by atoms with Gasteiger partial charge in [0.25, 0.3) is 0 Å². The zero-order valence-corrected chi connectivity index (χ0v) is 16.2. The van der Waals surface area contributed by atoms with Crippen LogP contribution in [-0.4, -0.2) is 88.7 Å². The van der Waals surface area contributed by atoms with Gasteiger partial charge in [-0.2, -0.15) is 12.6 Å². The normalized spacial score (nSPS) is 15.0. The third-order valence-corrected chi connectivity index (χ3v) is 4.10. The Morgan fingerprint density at radius 2 is 1.32 bits per heavy atom. The van der Waals surface area contributed by atoms with E-state index in [1.165, 1.54) is 0 Å². The Morgan fingerprint density at radius 3 is 1.71 bits per heavy atom. The Kier molecular flexibility index (Phi) is 13.1. The van der Waals surface area contributed by atoms with E-state index in [4.69, 9.17) is 16.6 Å². The lowest BCUT2D eigenvalue weighted by atomic mass is 10.1. The molecule has 13 heteroatoms. The monoisotopic (exact) mass is 423 g/mol. The molecule has 0 spiro atoms. The molecule has 0 radical (unpaired) electrons. The molecule has 0 aromatic heterocycles. The van der Waals surface area contributed by atoms with Crippen molar-refractivity contribution >= 4 is 36.3 Å². The molecule has 0 bridgehead atoms. The number of unbranched alkanes of at least 4 members (excludes halogenated alkanes) is 1. The summed E-state index contributed by atoms with van der Waals surface area (Å²) in [6, 6.07) is -5.12. The summed E-state index contributed by atoms with van der Waals surface area (Å²) >= 11 is 3.79. The lowest BCUT2D eigenvalue weighted by Crippen LogP contribution is -2.59. The molecule has 28 heavy (non-hydrogen) atoms. The molecule has 0 aromatic rings. The molecule has 0 aliphatic carbocycles. The highest BCUT2D eigenvalue weighted by molar-refractivity contribution is 7.80. The second-order valence-electron chi connectivity index (χ2n) is 5.96. The van der Waals surface area contributed by atoms with Gasteiger partial charge in [-0.15, -0.1) is 0 Å². The van der Waals surface area contributed by atoms with Gasteiger partial charge in [0.1, 0.15) is 18.1 Å². The largest absolute Gasteiger partial charge is 0.480 e. The van der Waals surface area contributed by atoms with Gasteiger partial charge in [-0.05, 0) is 19.4 Å².